The summed E-state index contributed by atoms with van der Waals surface area (Å²) in [7, 11) is 0. The number of hydrogen-bond donors (Lipinski definition) is 1. The molecule has 1 saturated heterocycles. The third kappa shape index (κ3) is 5.63. The second kappa shape index (κ2) is 6.49. The molecule has 1 fully saturated rings. The topological polar surface area (TPSA) is 32.3 Å². The van der Waals surface area contributed by atoms with Gasteiger partial charge in [-0.15, -0.1) is 0 Å². The van der Waals surface area contributed by atoms with E-state index >= 15 is 0 Å². The Kier molecular flexibility index (Phi) is 5.58. The number of halogens is 3. The van der Waals surface area contributed by atoms with Crippen LogP contribution in [0.2, 0.25) is 0 Å². The van der Waals surface area contributed by atoms with Crippen molar-refractivity contribution in [1.29, 1.82) is 0 Å². The van der Waals surface area contributed by atoms with Crippen molar-refractivity contribution < 1.29 is 18.0 Å². The summed E-state index contributed by atoms with van der Waals surface area (Å²) in [6.45, 7) is 1.32. The molecule has 100 valence electrons. The Balaban J connectivity index is 2.42. The summed E-state index contributed by atoms with van der Waals surface area (Å²) in [5, 5.41) is 3.14. The zero-order chi connectivity index (χ0) is 12.9. The van der Waals surface area contributed by atoms with Gasteiger partial charge in [0.15, 0.2) is 0 Å². The van der Waals surface area contributed by atoms with Crippen molar-refractivity contribution in [3.8, 4) is 0 Å². The third-order valence-electron chi connectivity index (χ3n) is 2.52. The van der Waals surface area contributed by atoms with Gasteiger partial charge < -0.3 is 10.2 Å². The van der Waals surface area contributed by atoms with Gasteiger partial charge in [0.1, 0.15) is 6.54 Å². The summed E-state index contributed by atoms with van der Waals surface area (Å²) in [6, 6.07) is 0.00327. The molecule has 1 aliphatic heterocycles. The molecule has 17 heavy (non-hydrogen) atoms. The molecule has 0 aromatic rings. The quantitative estimate of drug-likeness (QED) is 0.840. The highest BCUT2D eigenvalue weighted by Crippen LogP contribution is 2.18. The van der Waals surface area contributed by atoms with Crippen LogP contribution >= 0.6 is 11.8 Å². The SMILES string of the molecule is CCN(CC(F)(F)F)C(=O)CC1CSCCN1. The first-order valence-corrected chi connectivity index (χ1v) is 6.73. The van der Waals surface area contributed by atoms with Crippen LogP contribution in [-0.2, 0) is 4.79 Å². The maximum absolute atomic E-state index is 12.2. The molecule has 1 aliphatic rings. The lowest BCUT2D eigenvalue weighted by molar-refractivity contribution is -0.161. The molecule has 0 spiro atoms. The van der Waals surface area contributed by atoms with E-state index < -0.39 is 18.6 Å². The summed E-state index contributed by atoms with van der Waals surface area (Å²) in [5.74, 6) is 1.35. The summed E-state index contributed by atoms with van der Waals surface area (Å²) < 4.78 is 36.7. The van der Waals surface area contributed by atoms with E-state index in [2.05, 4.69) is 5.32 Å². The number of carbonyl (C=O) groups excluding carboxylic acids is 1. The molecule has 1 amide bonds. The van der Waals surface area contributed by atoms with Gasteiger partial charge in [-0.25, -0.2) is 0 Å². The van der Waals surface area contributed by atoms with Gasteiger partial charge in [-0.05, 0) is 6.92 Å². The second-order valence-electron chi connectivity index (χ2n) is 3.95. The normalized spacial score (nSPS) is 21.3. The summed E-state index contributed by atoms with van der Waals surface area (Å²) in [6.07, 6.45) is -4.17. The number of rotatable bonds is 4. The van der Waals surface area contributed by atoms with Crippen LogP contribution in [0.4, 0.5) is 13.2 Å². The van der Waals surface area contributed by atoms with Crippen LogP contribution in [0.3, 0.4) is 0 Å². The number of hydrogen-bond acceptors (Lipinski definition) is 3. The minimum atomic E-state index is -4.32. The van der Waals surface area contributed by atoms with E-state index in [1.165, 1.54) is 0 Å². The molecule has 0 radical (unpaired) electrons. The lowest BCUT2D eigenvalue weighted by atomic mass is 10.2. The zero-order valence-corrected chi connectivity index (χ0v) is 10.5. The van der Waals surface area contributed by atoms with E-state index in [1.807, 2.05) is 0 Å². The minimum Gasteiger partial charge on any atom is -0.334 e. The van der Waals surface area contributed by atoms with E-state index in [-0.39, 0.29) is 19.0 Å². The van der Waals surface area contributed by atoms with Crippen LogP contribution in [0, 0.1) is 0 Å². The molecule has 7 heteroatoms. The summed E-state index contributed by atoms with van der Waals surface area (Å²) in [5.41, 5.74) is 0. The fraction of sp³-hybridized carbons (Fsp3) is 0.900. The molecule has 0 bridgehead atoms. The van der Waals surface area contributed by atoms with Gasteiger partial charge in [0.25, 0.3) is 0 Å². The van der Waals surface area contributed by atoms with E-state index in [0.717, 1.165) is 23.0 Å². The van der Waals surface area contributed by atoms with Crippen LogP contribution < -0.4 is 5.32 Å². The number of amides is 1. The Morgan fingerprint density at radius 2 is 2.24 bits per heavy atom. The highest BCUT2D eigenvalue weighted by Gasteiger charge is 2.32. The van der Waals surface area contributed by atoms with Crippen LogP contribution in [-0.4, -0.2) is 54.2 Å². The standard InChI is InChI=1S/C10H17F3N2OS/c1-2-15(7-10(11,12)13)9(16)5-8-6-17-4-3-14-8/h8,14H,2-7H2,1H3. The molecule has 1 unspecified atom stereocenters. The Morgan fingerprint density at radius 3 is 2.71 bits per heavy atom. The maximum atomic E-state index is 12.2. The molecule has 1 atom stereocenters. The average molecular weight is 270 g/mol. The minimum absolute atomic E-state index is 0.00327. The molecular weight excluding hydrogens is 253 g/mol. The second-order valence-corrected chi connectivity index (χ2v) is 5.10. The van der Waals surface area contributed by atoms with Crippen molar-refractivity contribution >= 4 is 17.7 Å². The average Bonchev–Trinajstić information content (AvgIpc) is 2.26. The maximum Gasteiger partial charge on any atom is 0.406 e. The molecule has 1 heterocycles. The van der Waals surface area contributed by atoms with Gasteiger partial charge >= 0.3 is 6.18 Å². The van der Waals surface area contributed by atoms with Crippen LogP contribution in [0.1, 0.15) is 13.3 Å². The van der Waals surface area contributed by atoms with Crippen LogP contribution in [0.15, 0.2) is 0 Å². The zero-order valence-electron chi connectivity index (χ0n) is 9.72. The predicted molar refractivity (Wildman–Crippen MR) is 62.0 cm³/mol. The molecule has 0 aromatic carbocycles. The Bertz CT molecular complexity index is 254. The third-order valence-corrected chi connectivity index (χ3v) is 3.65. The van der Waals surface area contributed by atoms with E-state index in [9.17, 15) is 18.0 Å². The van der Waals surface area contributed by atoms with Crippen molar-refractivity contribution in [2.24, 2.45) is 0 Å². The van der Waals surface area contributed by atoms with Crippen molar-refractivity contribution in [2.45, 2.75) is 25.6 Å². The number of nitrogens with zero attached hydrogens (tertiary/aromatic N) is 1. The van der Waals surface area contributed by atoms with Crippen molar-refractivity contribution in [2.75, 3.05) is 31.1 Å². The van der Waals surface area contributed by atoms with Gasteiger partial charge in [-0.1, -0.05) is 0 Å². The number of thioether (sulfide) groups is 1. The lowest BCUT2D eigenvalue weighted by Crippen LogP contribution is -2.45. The van der Waals surface area contributed by atoms with Crippen LogP contribution in [0.5, 0.6) is 0 Å². The molecule has 1 rings (SSSR count). The Hall–Kier alpha value is -0.430. The van der Waals surface area contributed by atoms with E-state index in [4.69, 9.17) is 0 Å². The molecule has 0 saturated carbocycles. The van der Waals surface area contributed by atoms with Crippen molar-refractivity contribution in [3.05, 3.63) is 0 Å². The summed E-state index contributed by atoms with van der Waals surface area (Å²) in [4.78, 5) is 12.6. The fourth-order valence-corrected chi connectivity index (χ4v) is 2.63. The van der Waals surface area contributed by atoms with Gasteiger partial charge in [0, 0.05) is 37.1 Å². The van der Waals surface area contributed by atoms with E-state index in [0.29, 0.717) is 0 Å². The monoisotopic (exact) mass is 270 g/mol. The largest absolute Gasteiger partial charge is 0.406 e. The highest BCUT2D eigenvalue weighted by molar-refractivity contribution is 7.99. The first kappa shape index (κ1) is 14.6. The van der Waals surface area contributed by atoms with Gasteiger partial charge in [-0.3, -0.25) is 4.79 Å². The van der Waals surface area contributed by atoms with E-state index in [1.54, 1.807) is 18.7 Å². The predicted octanol–water partition coefficient (Wildman–Crippen LogP) is 1.49. The lowest BCUT2D eigenvalue weighted by Gasteiger charge is -2.27. The highest BCUT2D eigenvalue weighted by atomic mass is 32.2. The molecule has 0 aromatic heterocycles. The van der Waals surface area contributed by atoms with Crippen molar-refractivity contribution in [3.63, 3.8) is 0 Å². The molecular formula is C10H17F3N2OS. The molecule has 0 aliphatic carbocycles. The molecule has 1 N–H and O–H groups in total. The van der Waals surface area contributed by atoms with Crippen LogP contribution in [0.25, 0.3) is 0 Å². The Labute approximate surface area is 103 Å². The number of alkyl halides is 3. The molecule has 3 nitrogen and oxygen atoms in total. The first-order chi connectivity index (χ1) is 7.92. The smallest absolute Gasteiger partial charge is 0.334 e. The van der Waals surface area contributed by atoms with Gasteiger partial charge in [0.05, 0.1) is 0 Å². The van der Waals surface area contributed by atoms with Crippen molar-refractivity contribution in [1.82, 2.24) is 10.2 Å². The number of carbonyl (C=O) groups is 1. The Morgan fingerprint density at radius 1 is 1.53 bits per heavy atom. The number of nitrogens with one attached hydrogen (secondary N) is 1. The first-order valence-electron chi connectivity index (χ1n) is 5.58. The van der Waals surface area contributed by atoms with Gasteiger partial charge in [0.2, 0.25) is 5.91 Å². The summed E-state index contributed by atoms with van der Waals surface area (Å²) >= 11 is 1.72. The fourth-order valence-electron chi connectivity index (χ4n) is 1.68. The van der Waals surface area contributed by atoms with Gasteiger partial charge in [-0.2, -0.15) is 24.9 Å².